The lowest BCUT2D eigenvalue weighted by molar-refractivity contribution is 0.548. The molecule has 0 aromatic carbocycles. The van der Waals surface area contributed by atoms with Crippen LogP contribution in [0.1, 0.15) is 23.2 Å². The van der Waals surface area contributed by atoms with E-state index in [4.69, 9.17) is 0 Å². The van der Waals surface area contributed by atoms with Crippen molar-refractivity contribution in [1.29, 1.82) is 5.26 Å². The van der Waals surface area contributed by atoms with Gasteiger partial charge in [0.25, 0.3) is 0 Å². The van der Waals surface area contributed by atoms with E-state index in [1.165, 1.54) is 0 Å². The van der Waals surface area contributed by atoms with Crippen molar-refractivity contribution in [1.82, 2.24) is 15.5 Å². The highest BCUT2D eigenvalue weighted by molar-refractivity contribution is 5.58. The third-order valence-electron chi connectivity index (χ3n) is 3.63. The average Bonchev–Trinajstić information content (AvgIpc) is 2.81. The SMILES string of the molecule is CNCC1CCN(c2nnc(C)c(C)c2C#N)C1. The second-order valence-corrected chi connectivity index (χ2v) is 4.88. The number of aryl methyl sites for hydroxylation is 1. The summed E-state index contributed by atoms with van der Waals surface area (Å²) >= 11 is 0. The van der Waals surface area contributed by atoms with E-state index in [9.17, 15) is 5.26 Å². The van der Waals surface area contributed by atoms with Gasteiger partial charge in [-0.15, -0.1) is 5.10 Å². The second kappa shape index (κ2) is 5.32. The normalized spacial score (nSPS) is 19.0. The van der Waals surface area contributed by atoms with Crippen molar-refractivity contribution in [2.24, 2.45) is 5.92 Å². The number of nitriles is 1. The lowest BCUT2D eigenvalue weighted by Gasteiger charge is -2.19. The molecular formula is C13H19N5. The quantitative estimate of drug-likeness (QED) is 0.861. The van der Waals surface area contributed by atoms with E-state index in [0.717, 1.165) is 43.1 Å². The van der Waals surface area contributed by atoms with Crippen molar-refractivity contribution in [3.8, 4) is 6.07 Å². The van der Waals surface area contributed by atoms with Gasteiger partial charge >= 0.3 is 0 Å². The van der Waals surface area contributed by atoms with Gasteiger partial charge in [0.05, 0.1) is 5.69 Å². The van der Waals surface area contributed by atoms with Crippen LogP contribution in [0.2, 0.25) is 0 Å². The van der Waals surface area contributed by atoms with E-state index in [2.05, 4.69) is 26.5 Å². The summed E-state index contributed by atoms with van der Waals surface area (Å²) in [4.78, 5) is 2.18. The van der Waals surface area contributed by atoms with Crippen LogP contribution in [0.4, 0.5) is 5.82 Å². The molecule has 5 heteroatoms. The Hall–Kier alpha value is -1.67. The predicted molar refractivity (Wildman–Crippen MR) is 70.5 cm³/mol. The zero-order chi connectivity index (χ0) is 13.1. The van der Waals surface area contributed by atoms with Crippen LogP contribution >= 0.6 is 0 Å². The van der Waals surface area contributed by atoms with Crippen LogP contribution < -0.4 is 10.2 Å². The van der Waals surface area contributed by atoms with Gasteiger partial charge < -0.3 is 10.2 Å². The van der Waals surface area contributed by atoms with Crippen molar-refractivity contribution in [2.45, 2.75) is 20.3 Å². The van der Waals surface area contributed by atoms with Crippen molar-refractivity contribution >= 4 is 5.82 Å². The van der Waals surface area contributed by atoms with Crippen LogP contribution in [0.25, 0.3) is 0 Å². The molecule has 0 saturated carbocycles. The highest BCUT2D eigenvalue weighted by Crippen LogP contribution is 2.26. The molecule has 0 amide bonds. The topological polar surface area (TPSA) is 64.8 Å². The van der Waals surface area contributed by atoms with E-state index in [1.54, 1.807) is 0 Å². The number of nitrogens with zero attached hydrogens (tertiary/aromatic N) is 4. The van der Waals surface area contributed by atoms with Gasteiger partial charge in [0.1, 0.15) is 11.6 Å². The molecule has 0 aliphatic carbocycles. The van der Waals surface area contributed by atoms with Crippen LogP contribution in [0.15, 0.2) is 0 Å². The molecule has 0 spiro atoms. The Kier molecular flexibility index (Phi) is 3.78. The number of hydrogen-bond donors (Lipinski definition) is 1. The smallest absolute Gasteiger partial charge is 0.169 e. The Morgan fingerprint density at radius 1 is 1.44 bits per heavy atom. The van der Waals surface area contributed by atoms with Crippen molar-refractivity contribution < 1.29 is 0 Å². The zero-order valence-corrected chi connectivity index (χ0v) is 11.2. The third-order valence-corrected chi connectivity index (χ3v) is 3.63. The molecule has 1 saturated heterocycles. The molecule has 1 fully saturated rings. The van der Waals surface area contributed by atoms with Gasteiger partial charge in [0.2, 0.25) is 0 Å². The summed E-state index contributed by atoms with van der Waals surface area (Å²) in [6, 6.07) is 2.27. The van der Waals surface area contributed by atoms with E-state index in [1.807, 2.05) is 20.9 Å². The lowest BCUT2D eigenvalue weighted by Crippen LogP contribution is -2.26. The standard InChI is InChI=1S/C13H19N5/c1-9-10(2)16-17-13(12(9)6-14)18-5-4-11(8-18)7-15-3/h11,15H,4-5,7-8H2,1-3H3. The first-order valence-corrected chi connectivity index (χ1v) is 6.31. The molecule has 1 N–H and O–H groups in total. The first-order valence-electron chi connectivity index (χ1n) is 6.31. The first-order chi connectivity index (χ1) is 8.67. The first kappa shape index (κ1) is 12.8. The van der Waals surface area contributed by atoms with Crippen molar-refractivity contribution in [3.05, 3.63) is 16.8 Å². The van der Waals surface area contributed by atoms with E-state index in [0.29, 0.717) is 11.5 Å². The molecule has 0 bridgehead atoms. The van der Waals surface area contributed by atoms with Gasteiger partial charge in [-0.1, -0.05) is 0 Å². The number of nitrogens with one attached hydrogen (secondary N) is 1. The molecule has 5 nitrogen and oxygen atoms in total. The molecule has 1 unspecified atom stereocenters. The Morgan fingerprint density at radius 3 is 2.89 bits per heavy atom. The van der Waals surface area contributed by atoms with Crippen LogP contribution in [0.3, 0.4) is 0 Å². The Balaban J connectivity index is 2.25. The third kappa shape index (κ3) is 2.29. The largest absolute Gasteiger partial charge is 0.354 e. The minimum atomic E-state index is 0.630. The van der Waals surface area contributed by atoms with Gasteiger partial charge in [-0.3, -0.25) is 0 Å². The molecule has 1 aromatic rings. The highest BCUT2D eigenvalue weighted by Gasteiger charge is 2.26. The maximum atomic E-state index is 9.30. The molecule has 2 heterocycles. The summed E-state index contributed by atoms with van der Waals surface area (Å²) < 4.78 is 0. The van der Waals surface area contributed by atoms with Crippen molar-refractivity contribution in [3.63, 3.8) is 0 Å². The van der Waals surface area contributed by atoms with E-state index in [-0.39, 0.29) is 0 Å². The lowest BCUT2D eigenvalue weighted by atomic mass is 10.1. The zero-order valence-electron chi connectivity index (χ0n) is 11.2. The summed E-state index contributed by atoms with van der Waals surface area (Å²) in [5.74, 6) is 1.38. The monoisotopic (exact) mass is 245 g/mol. The fourth-order valence-electron chi connectivity index (χ4n) is 2.43. The Labute approximate surface area is 108 Å². The summed E-state index contributed by atoms with van der Waals surface area (Å²) in [6.07, 6.45) is 1.14. The number of hydrogen-bond acceptors (Lipinski definition) is 5. The van der Waals surface area contributed by atoms with Crippen LogP contribution in [0, 0.1) is 31.1 Å². The predicted octanol–water partition coefficient (Wildman–Crippen LogP) is 1.01. The van der Waals surface area contributed by atoms with Crippen LogP contribution in [-0.4, -0.2) is 36.9 Å². The molecular weight excluding hydrogens is 226 g/mol. The average molecular weight is 245 g/mol. The molecule has 1 aromatic heterocycles. The summed E-state index contributed by atoms with van der Waals surface area (Å²) in [7, 11) is 1.97. The maximum absolute atomic E-state index is 9.30. The second-order valence-electron chi connectivity index (χ2n) is 4.88. The van der Waals surface area contributed by atoms with Crippen LogP contribution in [-0.2, 0) is 0 Å². The summed E-state index contributed by atoms with van der Waals surface area (Å²) in [5.41, 5.74) is 2.45. The van der Waals surface area contributed by atoms with Gasteiger partial charge in [-0.05, 0) is 45.3 Å². The van der Waals surface area contributed by atoms with Crippen LogP contribution in [0.5, 0.6) is 0 Å². The fraction of sp³-hybridized carbons (Fsp3) is 0.615. The molecule has 2 rings (SSSR count). The van der Waals surface area contributed by atoms with Gasteiger partial charge in [0.15, 0.2) is 5.82 Å². The molecule has 18 heavy (non-hydrogen) atoms. The summed E-state index contributed by atoms with van der Waals surface area (Å²) in [6.45, 7) is 6.75. The number of rotatable bonds is 3. The number of anilines is 1. The molecule has 1 atom stereocenters. The molecule has 1 aliphatic rings. The maximum Gasteiger partial charge on any atom is 0.169 e. The molecule has 96 valence electrons. The van der Waals surface area contributed by atoms with Gasteiger partial charge in [-0.25, -0.2) is 0 Å². The molecule has 0 radical (unpaired) electrons. The fourth-order valence-corrected chi connectivity index (χ4v) is 2.43. The molecule has 1 aliphatic heterocycles. The highest BCUT2D eigenvalue weighted by atomic mass is 15.3. The summed E-state index contributed by atoms with van der Waals surface area (Å²) in [5, 5.41) is 20.9. The number of aromatic nitrogens is 2. The van der Waals surface area contributed by atoms with Gasteiger partial charge in [0, 0.05) is 13.1 Å². The Morgan fingerprint density at radius 2 is 2.22 bits per heavy atom. The van der Waals surface area contributed by atoms with Gasteiger partial charge in [-0.2, -0.15) is 10.4 Å². The van der Waals surface area contributed by atoms with E-state index >= 15 is 0 Å². The minimum absolute atomic E-state index is 0.630. The van der Waals surface area contributed by atoms with Crippen molar-refractivity contribution in [2.75, 3.05) is 31.6 Å². The minimum Gasteiger partial charge on any atom is -0.354 e. The van der Waals surface area contributed by atoms with E-state index < -0.39 is 0 Å². The Bertz CT molecular complexity index is 477.